The molecule has 0 aromatic carbocycles. The predicted molar refractivity (Wildman–Crippen MR) is 125 cm³/mol. The highest BCUT2D eigenvalue weighted by atomic mass is 32.2. The summed E-state index contributed by atoms with van der Waals surface area (Å²) < 4.78 is 26.6. The van der Waals surface area contributed by atoms with Gasteiger partial charge < -0.3 is 26.0 Å². The van der Waals surface area contributed by atoms with E-state index in [1.54, 1.807) is 12.5 Å². The lowest BCUT2D eigenvalue weighted by Gasteiger charge is -2.33. The maximum absolute atomic E-state index is 13.3. The van der Waals surface area contributed by atoms with Crippen LogP contribution in [0.15, 0.2) is 17.0 Å². The number of thioether (sulfide) groups is 1. The number of nitrogens with one attached hydrogen (secondary N) is 1. The Kier molecular flexibility index (Phi) is 12.0. The van der Waals surface area contributed by atoms with Crippen molar-refractivity contribution in [3.05, 3.63) is 12.0 Å². The van der Waals surface area contributed by atoms with E-state index in [0.29, 0.717) is 38.5 Å². The van der Waals surface area contributed by atoms with Crippen LogP contribution in [0.4, 0.5) is 13.6 Å². The van der Waals surface area contributed by atoms with Crippen LogP contribution in [0, 0.1) is 5.92 Å². The first-order chi connectivity index (χ1) is 14.4. The van der Waals surface area contributed by atoms with Crippen LogP contribution in [-0.2, 0) is 0 Å². The number of hydrogen-bond donors (Lipinski definition) is 3. The molecule has 7 nitrogen and oxygen atoms in total. The first-order valence-corrected chi connectivity index (χ1v) is 11.7. The molecule has 0 aromatic rings. The fourth-order valence-electron chi connectivity index (χ4n) is 3.37. The van der Waals surface area contributed by atoms with E-state index >= 15 is 0 Å². The van der Waals surface area contributed by atoms with Gasteiger partial charge >= 0.3 is 6.03 Å². The zero-order valence-corrected chi connectivity index (χ0v) is 20.0. The van der Waals surface area contributed by atoms with Gasteiger partial charge in [0.15, 0.2) is 0 Å². The molecular formula is C21H39F2N5O2S. The summed E-state index contributed by atoms with van der Waals surface area (Å²) in [6.45, 7) is 11.4. The van der Waals surface area contributed by atoms with Crippen LogP contribution in [-0.4, -0.2) is 83.4 Å². The lowest BCUT2D eigenvalue weighted by molar-refractivity contribution is -0.0559. The zero-order valence-electron chi connectivity index (χ0n) is 19.2. The van der Waals surface area contributed by atoms with Gasteiger partial charge in [-0.05, 0) is 31.1 Å². The van der Waals surface area contributed by atoms with E-state index in [0.717, 1.165) is 11.5 Å². The molecule has 1 aliphatic heterocycles. The Morgan fingerprint density at radius 3 is 2.52 bits per heavy atom. The molecule has 1 saturated heterocycles. The second-order valence-electron chi connectivity index (χ2n) is 8.67. The molecule has 0 aromatic heterocycles. The molecule has 3 unspecified atom stereocenters. The van der Waals surface area contributed by atoms with E-state index < -0.39 is 18.2 Å². The minimum Gasteiger partial charge on any atom is -0.377 e. The maximum Gasteiger partial charge on any atom is 0.317 e. The fourth-order valence-corrected chi connectivity index (χ4v) is 4.23. The van der Waals surface area contributed by atoms with Gasteiger partial charge in [-0.15, -0.1) is 0 Å². The smallest absolute Gasteiger partial charge is 0.317 e. The van der Waals surface area contributed by atoms with Crippen molar-refractivity contribution < 1.29 is 18.7 Å². The molecule has 10 heteroatoms. The number of hydrogen-bond acceptors (Lipinski definition) is 6. The third kappa shape index (κ3) is 11.3. The monoisotopic (exact) mass is 463 g/mol. The van der Waals surface area contributed by atoms with Crippen molar-refractivity contribution in [1.82, 2.24) is 15.1 Å². The number of carbonyl (C=O) groups excluding carboxylic acids is 1. The lowest BCUT2D eigenvalue weighted by Crippen LogP contribution is -2.53. The highest BCUT2D eigenvalue weighted by Gasteiger charge is 2.34. The number of alkyl halides is 2. The fraction of sp³-hybridized carbons (Fsp3) is 0.810. The largest absolute Gasteiger partial charge is 0.377 e. The van der Waals surface area contributed by atoms with Gasteiger partial charge in [-0.2, -0.15) is 0 Å². The molecule has 0 aliphatic carbocycles. The molecule has 31 heavy (non-hydrogen) atoms. The zero-order chi connectivity index (χ0) is 23.6. The van der Waals surface area contributed by atoms with E-state index in [2.05, 4.69) is 25.7 Å². The van der Waals surface area contributed by atoms with E-state index in [1.165, 1.54) is 16.7 Å². The van der Waals surface area contributed by atoms with Crippen molar-refractivity contribution >= 4 is 22.8 Å². The highest BCUT2D eigenvalue weighted by Crippen LogP contribution is 2.27. The Balaban J connectivity index is 2.55. The molecule has 0 spiro atoms. The third-order valence-corrected chi connectivity index (χ3v) is 5.83. The molecule has 1 fully saturated rings. The Hall–Kier alpha value is -1.23. The number of halogens is 2. The molecular weight excluding hydrogens is 424 g/mol. The minimum absolute atomic E-state index is 0.104. The number of amides is 2. The topological polar surface area (TPSA) is 94.2 Å². The molecule has 1 rings (SSSR count). The van der Waals surface area contributed by atoms with Gasteiger partial charge in [-0.25, -0.2) is 13.6 Å². The van der Waals surface area contributed by atoms with Crippen molar-refractivity contribution in [1.29, 1.82) is 0 Å². The van der Waals surface area contributed by atoms with Crippen molar-refractivity contribution in [3.63, 3.8) is 0 Å². The van der Waals surface area contributed by atoms with Crippen molar-refractivity contribution in [3.8, 4) is 0 Å². The molecule has 180 valence electrons. The van der Waals surface area contributed by atoms with Crippen LogP contribution < -0.4 is 11.1 Å². The molecule has 0 bridgehead atoms. The Morgan fingerprint density at radius 2 is 2.00 bits per heavy atom. The summed E-state index contributed by atoms with van der Waals surface area (Å²) in [6, 6.07) is -1.12. The number of piperidine rings is 1. The molecule has 3 atom stereocenters. The van der Waals surface area contributed by atoms with Gasteiger partial charge in [0.05, 0.1) is 17.1 Å². The summed E-state index contributed by atoms with van der Waals surface area (Å²) >= 11 is 1.50. The third-order valence-electron chi connectivity index (χ3n) is 5.12. The summed E-state index contributed by atoms with van der Waals surface area (Å²) in [5.41, 5.74) is 5.64. The first-order valence-electron chi connectivity index (χ1n) is 10.8. The number of aliphatic hydroxyl groups is 1. The van der Waals surface area contributed by atoms with Gasteiger partial charge in [0.1, 0.15) is 6.23 Å². The summed E-state index contributed by atoms with van der Waals surface area (Å²) in [5.74, 6) is -2.13. The first kappa shape index (κ1) is 27.8. The summed E-state index contributed by atoms with van der Waals surface area (Å²) in [6.07, 6.45) is -0.342. The quantitative estimate of drug-likeness (QED) is 0.249. The van der Waals surface area contributed by atoms with Crippen LogP contribution in [0.1, 0.15) is 46.5 Å². The standard InChI is InChI=1S/C21H39F2N5O2S/c1-6-31-18(13-15(2)3)25-16(4)14-27(5)20(30)26-17(19(24)29)7-10-28-11-8-21(22,23)9-12-28/h6,15-17,19,29H,1,7-14,24H2,2-5H3,(H,26,30). The summed E-state index contributed by atoms with van der Waals surface area (Å²) in [4.78, 5) is 20.7. The van der Waals surface area contributed by atoms with Gasteiger partial charge in [-0.1, -0.05) is 32.2 Å². The van der Waals surface area contributed by atoms with E-state index in [1.807, 2.05) is 11.8 Å². The second kappa shape index (κ2) is 13.3. The molecule has 2 amide bonds. The normalized spacial score (nSPS) is 20.2. The van der Waals surface area contributed by atoms with Crippen molar-refractivity contribution in [2.45, 2.75) is 70.7 Å². The number of likely N-dealkylation sites (N-methyl/N-ethyl adjacent to an activating group) is 1. The molecule has 4 N–H and O–H groups in total. The van der Waals surface area contributed by atoms with E-state index in [4.69, 9.17) is 10.7 Å². The average Bonchev–Trinajstić information content (AvgIpc) is 2.65. The van der Waals surface area contributed by atoms with E-state index in [-0.39, 0.29) is 24.9 Å². The van der Waals surface area contributed by atoms with Gasteiger partial charge in [-0.3, -0.25) is 4.99 Å². The number of nitrogens with two attached hydrogens (primary N) is 1. The van der Waals surface area contributed by atoms with Crippen LogP contribution in [0.5, 0.6) is 0 Å². The molecule has 1 aliphatic rings. The number of rotatable bonds is 11. The molecule has 0 saturated carbocycles. The van der Waals surface area contributed by atoms with Gasteiger partial charge in [0, 0.05) is 46.1 Å². The molecule has 1 heterocycles. The van der Waals surface area contributed by atoms with Crippen molar-refractivity contribution in [2.24, 2.45) is 16.6 Å². The lowest BCUT2D eigenvalue weighted by atomic mass is 10.1. The number of nitrogens with zero attached hydrogens (tertiary/aromatic N) is 3. The van der Waals surface area contributed by atoms with Crippen LogP contribution >= 0.6 is 11.8 Å². The number of aliphatic hydroxyl groups excluding tert-OH is 1. The number of urea groups is 1. The molecule has 0 radical (unpaired) electrons. The summed E-state index contributed by atoms with van der Waals surface area (Å²) in [7, 11) is 1.66. The van der Waals surface area contributed by atoms with Crippen LogP contribution in [0.2, 0.25) is 0 Å². The number of likely N-dealkylation sites (tertiary alicyclic amines) is 1. The minimum atomic E-state index is -2.60. The summed E-state index contributed by atoms with van der Waals surface area (Å²) in [5, 5.41) is 15.4. The Labute approximate surface area is 189 Å². The van der Waals surface area contributed by atoms with E-state index in [9.17, 15) is 18.7 Å². The average molecular weight is 464 g/mol. The number of aliphatic imine (C=N–C) groups is 1. The second-order valence-corrected chi connectivity index (χ2v) is 9.71. The Morgan fingerprint density at radius 1 is 1.39 bits per heavy atom. The van der Waals surface area contributed by atoms with Gasteiger partial charge in [0.25, 0.3) is 5.92 Å². The predicted octanol–water partition coefficient (Wildman–Crippen LogP) is 3.10. The Bertz CT molecular complexity index is 594. The highest BCUT2D eigenvalue weighted by molar-refractivity contribution is 8.16. The van der Waals surface area contributed by atoms with Crippen molar-refractivity contribution in [2.75, 3.05) is 33.2 Å². The maximum atomic E-state index is 13.3. The van der Waals surface area contributed by atoms with Crippen LogP contribution in [0.3, 0.4) is 0 Å². The van der Waals surface area contributed by atoms with Gasteiger partial charge in [0.2, 0.25) is 0 Å². The SMILES string of the molecule is C=CSC(CC(C)C)=NC(C)CN(C)C(=O)NC(CCN1CCC(F)(F)CC1)C(N)O. The van der Waals surface area contributed by atoms with Crippen LogP contribution in [0.25, 0.3) is 0 Å². The number of carbonyl (C=O) groups is 1.